The molecule has 0 aliphatic rings. The number of benzene rings is 1. The van der Waals surface area contributed by atoms with E-state index >= 15 is 0 Å². The summed E-state index contributed by atoms with van der Waals surface area (Å²) in [6.07, 6.45) is 3.14. The maximum atomic E-state index is 12.8. The molecular weight excluding hydrogens is 388 g/mol. The number of anilines is 1. The summed E-state index contributed by atoms with van der Waals surface area (Å²) in [6, 6.07) is 14.3. The summed E-state index contributed by atoms with van der Waals surface area (Å²) in [7, 11) is 1.58. The van der Waals surface area contributed by atoms with Crippen molar-refractivity contribution in [1.82, 2.24) is 9.97 Å². The van der Waals surface area contributed by atoms with Crippen molar-refractivity contribution < 1.29 is 9.53 Å². The van der Waals surface area contributed by atoms with Crippen molar-refractivity contribution in [3.63, 3.8) is 0 Å². The van der Waals surface area contributed by atoms with E-state index in [1.807, 2.05) is 12.1 Å². The number of pyridine rings is 2. The van der Waals surface area contributed by atoms with E-state index in [1.165, 1.54) is 6.20 Å². The van der Waals surface area contributed by atoms with Crippen LogP contribution in [-0.2, 0) is 5.41 Å². The lowest BCUT2D eigenvalue weighted by Crippen LogP contribution is -2.18. The van der Waals surface area contributed by atoms with Crippen LogP contribution < -0.4 is 10.1 Å². The van der Waals surface area contributed by atoms with Gasteiger partial charge in [0.2, 0.25) is 0 Å². The molecule has 1 amide bonds. The molecule has 0 radical (unpaired) electrons. The van der Waals surface area contributed by atoms with Crippen LogP contribution in [0.5, 0.6) is 5.75 Å². The Labute approximate surface area is 174 Å². The number of nitrogens with one attached hydrogen (secondary N) is 1. The number of amides is 1. The Morgan fingerprint density at radius 3 is 2.59 bits per heavy atom. The fourth-order valence-electron chi connectivity index (χ4n) is 2.76. The van der Waals surface area contributed by atoms with E-state index in [4.69, 9.17) is 16.3 Å². The molecule has 3 aromatic rings. The maximum absolute atomic E-state index is 12.8. The van der Waals surface area contributed by atoms with Gasteiger partial charge in [0.25, 0.3) is 5.91 Å². The van der Waals surface area contributed by atoms with E-state index in [2.05, 4.69) is 21.4 Å². The van der Waals surface area contributed by atoms with Crippen molar-refractivity contribution in [3.8, 4) is 22.9 Å². The number of carbonyl (C=O) groups is 1. The van der Waals surface area contributed by atoms with E-state index in [9.17, 15) is 10.1 Å². The molecular formula is C22H19ClN4O2. The first-order valence-electron chi connectivity index (χ1n) is 8.83. The number of rotatable bonds is 5. The molecule has 6 nitrogen and oxygen atoms in total. The number of ether oxygens (including phenoxy) is 1. The first-order valence-corrected chi connectivity index (χ1v) is 9.21. The highest BCUT2D eigenvalue weighted by Crippen LogP contribution is 2.33. The molecule has 3 rings (SSSR count). The third kappa shape index (κ3) is 4.53. The molecule has 0 saturated carbocycles. The Hall–Kier alpha value is -3.43. The zero-order chi connectivity index (χ0) is 21.0. The van der Waals surface area contributed by atoms with E-state index in [1.54, 1.807) is 57.5 Å². The summed E-state index contributed by atoms with van der Waals surface area (Å²) >= 11 is 6.01. The number of hydrogen-bond acceptors (Lipinski definition) is 5. The highest BCUT2D eigenvalue weighted by atomic mass is 35.5. The van der Waals surface area contributed by atoms with Gasteiger partial charge >= 0.3 is 0 Å². The fourth-order valence-corrected chi connectivity index (χ4v) is 2.93. The van der Waals surface area contributed by atoms with Gasteiger partial charge in [0.05, 0.1) is 24.3 Å². The predicted molar refractivity (Wildman–Crippen MR) is 112 cm³/mol. The Morgan fingerprint density at radius 2 is 1.90 bits per heavy atom. The Balaban J connectivity index is 1.91. The summed E-state index contributed by atoms with van der Waals surface area (Å²) < 4.78 is 5.43. The van der Waals surface area contributed by atoms with Crippen LogP contribution in [0.25, 0.3) is 11.1 Å². The third-order valence-electron chi connectivity index (χ3n) is 4.44. The topological polar surface area (TPSA) is 87.9 Å². The highest BCUT2D eigenvalue weighted by molar-refractivity contribution is 6.29. The molecule has 0 atom stereocenters. The molecule has 0 spiro atoms. The molecule has 0 bridgehead atoms. The molecule has 2 heterocycles. The zero-order valence-corrected chi connectivity index (χ0v) is 17.0. The second-order valence-corrected chi connectivity index (χ2v) is 7.29. The smallest absolute Gasteiger partial charge is 0.255 e. The first-order chi connectivity index (χ1) is 13.8. The largest absolute Gasteiger partial charge is 0.496 e. The summed E-state index contributed by atoms with van der Waals surface area (Å²) in [6.45, 7) is 3.51. The van der Waals surface area contributed by atoms with Crippen LogP contribution in [-0.4, -0.2) is 23.0 Å². The average molecular weight is 407 g/mol. The van der Waals surface area contributed by atoms with Gasteiger partial charge in [-0.15, -0.1) is 0 Å². The van der Waals surface area contributed by atoms with Crippen molar-refractivity contribution in [2.75, 3.05) is 12.4 Å². The number of halogens is 1. The average Bonchev–Trinajstić information content (AvgIpc) is 2.73. The lowest BCUT2D eigenvalue weighted by atomic mass is 9.90. The molecule has 0 aliphatic heterocycles. The molecule has 2 aromatic heterocycles. The minimum Gasteiger partial charge on any atom is -0.496 e. The van der Waals surface area contributed by atoms with E-state index in [-0.39, 0.29) is 5.91 Å². The van der Waals surface area contributed by atoms with Gasteiger partial charge in [-0.2, -0.15) is 5.26 Å². The van der Waals surface area contributed by atoms with Gasteiger partial charge in [-0.05, 0) is 61.9 Å². The van der Waals surface area contributed by atoms with Gasteiger partial charge in [-0.25, -0.2) is 4.98 Å². The number of nitriles is 1. The molecule has 0 aliphatic carbocycles. The molecule has 1 N–H and O–H groups in total. The van der Waals surface area contributed by atoms with E-state index in [0.29, 0.717) is 27.8 Å². The maximum Gasteiger partial charge on any atom is 0.255 e. The van der Waals surface area contributed by atoms with E-state index < -0.39 is 5.41 Å². The standard InChI is InChI=1S/C22H19ClN4O2/c1-22(2,13-24)19-10-15(7-8-25-19)21(28)27-16-4-5-18(29-3)17(12-16)14-6-9-26-20(23)11-14/h4-12H,1-3H3,(H,27,28). The monoisotopic (exact) mass is 406 g/mol. The lowest BCUT2D eigenvalue weighted by Gasteiger charge is -2.15. The van der Waals surface area contributed by atoms with Crippen LogP contribution in [0.4, 0.5) is 5.69 Å². The number of hydrogen-bond donors (Lipinski definition) is 1. The molecule has 29 heavy (non-hydrogen) atoms. The van der Waals surface area contributed by atoms with E-state index in [0.717, 1.165) is 11.1 Å². The Morgan fingerprint density at radius 1 is 1.14 bits per heavy atom. The number of nitrogens with zero attached hydrogens (tertiary/aromatic N) is 3. The van der Waals surface area contributed by atoms with Crippen LogP contribution in [0.3, 0.4) is 0 Å². The fraction of sp³-hybridized carbons (Fsp3) is 0.182. The quantitative estimate of drug-likeness (QED) is 0.611. The Bertz CT molecular complexity index is 1110. The van der Waals surface area contributed by atoms with Gasteiger partial charge < -0.3 is 10.1 Å². The second kappa shape index (κ2) is 8.29. The number of methoxy groups -OCH3 is 1. The summed E-state index contributed by atoms with van der Waals surface area (Å²) in [5.74, 6) is 0.346. The van der Waals surface area contributed by atoms with Crippen molar-refractivity contribution in [2.24, 2.45) is 0 Å². The molecule has 0 unspecified atom stereocenters. The summed E-state index contributed by atoms with van der Waals surface area (Å²) in [4.78, 5) is 21.0. The third-order valence-corrected chi connectivity index (χ3v) is 4.64. The minimum atomic E-state index is -0.788. The van der Waals surface area contributed by atoms with Crippen LogP contribution in [0.2, 0.25) is 5.15 Å². The van der Waals surface area contributed by atoms with Crippen LogP contribution >= 0.6 is 11.6 Å². The minimum absolute atomic E-state index is 0.300. The van der Waals surface area contributed by atoms with Crippen LogP contribution in [0.1, 0.15) is 29.9 Å². The van der Waals surface area contributed by atoms with Gasteiger partial charge in [0.15, 0.2) is 0 Å². The second-order valence-electron chi connectivity index (χ2n) is 6.90. The molecule has 0 fully saturated rings. The lowest BCUT2D eigenvalue weighted by molar-refractivity contribution is 0.102. The van der Waals surface area contributed by atoms with Crippen molar-refractivity contribution in [3.05, 3.63) is 71.3 Å². The zero-order valence-electron chi connectivity index (χ0n) is 16.2. The van der Waals surface area contributed by atoms with Crippen molar-refractivity contribution in [1.29, 1.82) is 5.26 Å². The van der Waals surface area contributed by atoms with Crippen molar-refractivity contribution >= 4 is 23.2 Å². The van der Waals surface area contributed by atoms with Crippen LogP contribution in [0.15, 0.2) is 54.9 Å². The molecule has 1 aromatic carbocycles. The number of aromatic nitrogens is 2. The van der Waals surface area contributed by atoms with Gasteiger partial charge in [0, 0.05) is 29.2 Å². The molecule has 146 valence electrons. The predicted octanol–water partition coefficient (Wildman–Crippen LogP) is 4.86. The van der Waals surface area contributed by atoms with Gasteiger partial charge in [-0.1, -0.05) is 11.6 Å². The number of carbonyl (C=O) groups excluding carboxylic acids is 1. The summed E-state index contributed by atoms with van der Waals surface area (Å²) in [5, 5.41) is 12.5. The van der Waals surface area contributed by atoms with Gasteiger partial charge in [0.1, 0.15) is 10.9 Å². The molecule has 0 saturated heterocycles. The summed E-state index contributed by atoms with van der Waals surface area (Å²) in [5.41, 5.74) is 2.36. The molecule has 7 heteroatoms. The van der Waals surface area contributed by atoms with Crippen molar-refractivity contribution in [2.45, 2.75) is 19.3 Å². The SMILES string of the molecule is COc1ccc(NC(=O)c2ccnc(C(C)(C)C#N)c2)cc1-c1ccnc(Cl)c1. The van der Waals surface area contributed by atoms with Crippen LogP contribution in [0, 0.1) is 11.3 Å². The Kier molecular flexibility index (Phi) is 5.81. The highest BCUT2D eigenvalue weighted by Gasteiger charge is 2.22. The van der Waals surface area contributed by atoms with Gasteiger partial charge in [-0.3, -0.25) is 9.78 Å². The normalized spacial score (nSPS) is 10.9. The first kappa shape index (κ1) is 20.3.